The van der Waals surface area contributed by atoms with Crippen LogP contribution in [-0.2, 0) is 23.0 Å². The second kappa shape index (κ2) is 11.2. The molecule has 4 rings (SSSR count). The van der Waals surface area contributed by atoms with Gasteiger partial charge in [-0.1, -0.05) is 13.8 Å². The number of thiophene rings is 1. The molecular weight excluding hydrogens is 520 g/mol. The minimum absolute atomic E-state index is 0. The number of fused-ring (bicyclic) bond motifs is 1. The topological polar surface area (TPSA) is 113 Å². The van der Waals surface area contributed by atoms with Crippen LogP contribution in [0.25, 0.3) is 0 Å². The van der Waals surface area contributed by atoms with E-state index in [1.165, 1.54) is 39.9 Å². The number of amides is 2. The summed E-state index contributed by atoms with van der Waals surface area (Å²) in [6, 6.07) is 6.35. The Morgan fingerprint density at radius 3 is 2.28 bits per heavy atom. The molecule has 3 heterocycles. The summed E-state index contributed by atoms with van der Waals surface area (Å²) < 4.78 is 27.8. The van der Waals surface area contributed by atoms with Crippen molar-refractivity contribution < 1.29 is 18.0 Å². The number of nitrogens with two attached hydrogens (primary N) is 1. The lowest BCUT2D eigenvalue weighted by Crippen LogP contribution is -2.42. The molecule has 1 aromatic heterocycles. The summed E-state index contributed by atoms with van der Waals surface area (Å²) in [4.78, 5) is 28.8. The number of hydrogen-bond acceptors (Lipinski definition) is 6. The van der Waals surface area contributed by atoms with Crippen LogP contribution in [0.3, 0.4) is 0 Å². The maximum Gasteiger partial charge on any atom is 0.256 e. The van der Waals surface area contributed by atoms with Gasteiger partial charge in [0.15, 0.2) is 0 Å². The molecule has 1 saturated heterocycles. The van der Waals surface area contributed by atoms with Crippen LogP contribution in [-0.4, -0.2) is 55.1 Å². The highest BCUT2D eigenvalue weighted by Crippen LogP contribution is 2.37. The SMILES string of the molecule is CC1CC(C)CN(S(=O)(=O)c2ccc(C(=O)Nc3sc4c(c3C(N)=O)CCN(C(C)C)C4)cc2)C1.Cl. The minimum atomic E-state index is -3.62. The number of hydrogen-bond donors (Lipinski definition) is 2. The molecule has 3 N–H and O–H groups in total. The van der Waals surface area contributed by atoms with E-state index in [4.69, 9.17) is 5.73 Å². The van der Waals surface area contributed by atoms with Crippen molar-refractivity contribution in [3.63, 3.8) is 0 Å². The van der Waals surface area contributed by atoms with Gasteiger partial charge in [0, 0.05) is 42.7 Å². The van der Waals surface area contributed by atoms with E-state index in [1.54, 1.807) is 0 Å². The van der Waals surface area contributed by atoms with Crippen molar-refractivity contribution in [1.82, 2.24) is 9.21 Å². The maximum absolute atomic E-state index is 13.1. The number of halogens is 1. The first-order valence-electron chi connectivity index (χ1n) is 12.1. The summed E-state index contributed by atoms with van der Waals surface area (Å²) in [5.41, 5.74) is 7.30. The van der Waals surface area contributed by atoms with Crippen molar-refractivity contribution in [3.05, 3.63) is 45.8 Å². The molecule has 1 fully saturated rings. The van der Waals surface area contributed by atoms with Crippen molar-refractivity contribution >= 4 is 50.6 Å². The van der Waals surface area contributed by atoms with Gasteiger partial charge in [-0.15, -0.1) is 23.7 Å². The van der Waals surface area contributed by atoms with Crippen molar-refractivity contribution in [2.45, 2.75) is 58.0 Å². The van der Waals surface area contributed by atoms with Gasteiger partial charge in [0.25, 0.3) is 11.8 Å². The van der Waals surface area contributed by atoms with E-state index in [2.05, 4.69) is 37.9 Å². The van der Waals surface area contributed by atoms with Gasteiger partial charge in [0.1, 0.15) is 5.00 Å². The van der Waals surface area contributed by atoms with E-state index < -0.39 is 21.8 Å². The lowest BCUT2D eigenvalue weighted by molar-refractivity contribution is 0.0999. The van der Waals surface area contributed by atoms with Gasteiger partial charge in [0.2, 0.25) is 10.0 Å². The molecule has 0 radical (unpaired) electrons. The maximum atomic E-state index is 13.1. The van der Waals surface area contributed by atoms with Gasteiger partial charge >= 0.3 is 0 Å². The molecule has 1 aromatic carbocycles. The van der Waals surface area contributed by atoms with E-state index in [0.29, 0.717) is 60.1 Å². The van der Waals surface area contributed by atoms with Crippen molar-refractivity contribution in [3.8, 4) is 0 Å². The molecule has 198 valence electrons. The van der Waals surface area contributed by atoms with Crippen LogP contribution in [0.4, 0.5) is 5.00 Å². The fourth-order valence-corrected chi connectivity index (χ4v) is 8.07. The minimum Gasteiger partial charge on any atom is -0.365 e. The smallest absolute Gasteiger partial charge is 0.256 e. The summed E-state index contributed by atoms with van der Waals surface area (Å²) in [5.74, 6) is -0.345. The Labute approximate surface area is 223 Å². The zero-order valence-electron chi connectivity index (χ0n) is 21.1. The van der Waals surface area contributed by atoms with E-state index >= 15 is 0 Å². The van der Waals surface area contributed by atoms with Crippen LogP contribution < -0.4 is 11.1 Å². The number of primary amides is 1. The molecule has 36 heavy (non-hydrogen) atoms. The first-order chi connectivity index (χ1) is 16.5. The van der Waals surface area contributed by atoms with Crippen LogP contribution in [0.1, 0.15) is 65.3 Å². The van der Waals surface area contributed by atoms with Gasteiger partial charge in [-0.05, 0) is 68.4 Å². The van der Waals surface area contributed by atoms with Gasteiger partial charge in [-0.25, -0.2) is 8.42 Å². The molecule has 2 aliphatic heterocycles. The Morgan fingerprint density at radius 1 is 1.11 bits per heavy atom. The molecule has 0 spiro atoms. The number of carbonyl (C=O) groups excluding carboxylic acids is 2. The zero-order chi connectivity index (χ0) is 25.5. The number of benzene rings is 1. The Balaban J connectivity index is 0.00000361. The zero-order valence-corrected chi connectivity index (χ0v) is 23.6. The molecule has 8 nitrogen and oxygen atoms in total. The third-order valence-electron chi connectivity index (χ3n) is 6.88. The van der Waals surface area contributed by atoms with Gasteiger partial charge in [-0.2, -0.15) is 4.31 Å². The fraction of sp³-hybridized carbons (Fsp3) is 0.520. The quantitative estimate of drug-likeness (QED) is 0.561. The molecule has 0 saturated carbocycles. The molecule has 0 bridgehead atoms. The number of carbonyl (C=O) groups is 2. The largest absolute Gasteiger partial charge is 0.365 e. The molecule has 2 aliphatic rings. The second-order valence-electron chi connectivity index (χ2n) is 10.1. The van der Waals surface area contributed by atoms with Gasteiger partial charge < -0.3 is 11.1 Å². The average molecular weight is 555 g/mol. The monoisotopic (exact) mass is 554 g/mol. The summed E-state index contributed by atoms with van der Waals surface area (Å²) >= 11 is 1.38. The normalized spacial score (nSPS) is 21.0. The molecule has 2 unspecified atom stereocenters. The summed E-state index contributed by atoms with van der Waals surface area (Å²) in [6.07, 6.45) is 1.72. The predicted octanol–water partition coefficient (Wildman–Crippen LogP) is 3.95. The highest BCUT2D eigenvalue weighted by atomic mass is 35.5. The first-order valence-corrected chi connectivity index (χ1v) is 14.3. The highest BCUT2D eigenvalue weighted by molar-refractivity contribution is 7.89. The van der Waals surface area contributed by atoms with Crippen LogP contribution in [0.2, 0.25) is 0 Å². The molecule has 11 heteroatoms. The van der Waals surface area contributed by atoms with Crippen LogP contribution >= 0.6 is 23.7 Å². The Hall–Kier alpha value is -1.98. The summed E-state index contributed by atoms with van der Waals surface area (Å²) in [5, 5.41) is 3.29. The van der Waals surface area contributed by atoms with E-state index in [0.717, 1.165) is 23.4 Å². The Kier molecular flexibility index (Phi) is 8.88. The molecule has 2 aromatic rings. The second-order valence-corrected chi connectivity index (χ2v) is 13.2. The first kappa shape index (κ1) is 28.6. The number of sulfonamides is 1. The average Bonchev–Trinajstić information content (AvgIpc) is 3.15. The predicted molar refractivity (Wildman–Crippen MR) is 145 cm³/mol. The van der Waals surface area contributed by atoms with Gasteiger partial charge in [-0.3, -0.25) is 14.5 Å². The molecular formula is C25H35ClN4O4S2. The third-order valence-corrected chi connectivity index (χ3v) is 9.86. The van der Waals surface area contributed by atoms with Crippen molar-refractivity contribution in [1.29, 1.82) is 0 Å². The number of anilines is 1. The number of nitrogens with zero attached hydrogens (tertiary/aromatic N) is 2. The Bertz CT molecular complexity index is 1220. The third kappa shape index (κ3) is 5.78. The number of nitrogens with one attached hydrogen (secondary N) is 1. The van der Waals surface area contributed by atoms with E-state index in [9.17, 15) is 18.0 Å². The van der Waals surface area contributed by atoms with Crippen LogP contribution in [0.5, 0.6) is 0 Å². The Morgan fingerprint density at radius 2 is 1.72 bits per heavy atom. The van der Waals surface area contributed by atoms with Crippen molar-refractivity contribution in [2.24, 2.45) is 17.6 Å². The van der Waals surface area contributed by atoms with Crippen LogP contribution in [0, 0.1) is 11.8 Å². The summed E-state index contributed by atoms with van der Waals surface area (Å²) in [6.45, 7) is 10.9. The lowest BCUT2D eigenvalue weighted by atomic mass is 9.94. The summed E-state index contributed by atoms with van der Waals surface area (Å²) in [7, 11) is -3.62. The standard InChI is InChI=1S/C25H34N4O4S2.ClH/c1-15(2)28-10-9-20-21(14-28)34-25(22(20)23(26)30)27-24(31)18-5-7-19(8-6-18)35(32,33)29-12-16(3)11-17(4)13-29;/h5-8,15-17H,9-14H2,1-4H3,(H2,26,30)(H,27,31);1H. The molecule has 2 atom stereocenters. The van der Waals surface area contributed by atoms with E-state index in [-0.39, 0.29) is 17.3 Å². The molecule has 2 amide bonds. The molecule has 0 aliphatic carbocycles. The number of rotatable bonds is 6. The highest BCUT2D eigenvalue weighted by Gasteiger charge is 2.32. The van der Waals surface area contributed by atoms with Crippen LogP contribution in [0.15, 0.2) is 29.2 Å². The van der Waals surface area contributed by atoms with E-state index in [1.807, 2.05) is 0 Å². The number of piperidine rings is 1. The lowest BCUT2D eigenvalue weighted by Gasteiger charge is -2.34. The van der Waals surface area contributed by atoms with Crippen molar-refractivity contribution in [2.75, 3.05) is 25.0 Å². The fourth-order valence-electron chi connectivity index (χ4n) is 5.12. The van der Waals surface area contributed by atoms with Gasteiger partial charge in [0.05, 0.1) is 10.5 Å².